The van der Waals surface area contributed by atoms with Crippen LogP contribution in [0.2, 0.25) is 0 Å². The lowest BCUT2D eigenvalue weighted by Gasteiger charge is -2.22. The smallest absolute Gasteiger partial charge is 0.325 e. The number of carbonyl (C=O) groups excluding carboxylic acids is 3. The van der Waals surface area contributed by atoms with Gasteiger partial charge < -0.3 is 9.88 Å². The van der Waals surface area contributed by atoms with Crippen LogP contribution in [0.25, 0.3) is 10.9 Å². The quantitative estimate of drug-likeness (QED) is 0.514. The van der Waals surface area contributed by atoms with Gasteiger partial charge >= 0.3 is 6.03 Å². The summed E-state index contributed by atoms with van der Waals surface area (Å²) < 4.78 is 1.87. The van der Waals surface area contributed by atoms with Crippen LogP contribution in [-0.2, 0) is 23.3 Å². The third-order valence-corrected chi connectivity index (χ3v) is 6.28. The Balaban J connectivity index is 1.45. The van der Waals surface area contributed by atoms with Gasteiger partial charge in [0.2, 0.25) is 0 Å². The molecule has 1 atom stereocenters. The predicted molar refractivity (Wildman–Crippen MR) is 113 cm³/mol. The van der Waals surface area contributed by atoms with E-state index in [1.165, 1.54) is 0 Å². The van der Waals surface area contributed by atoms with E-state index < -0.39 is 11.6 Å². The average Bonchev–Trinajstić information content (AvgIpc) is 3.42. The summed E-state index contributed by atoms with van der Waals surface area (Å²) in [6.45, 7) is 0.147. The highest BCUT2D eigenvalue weighted by molar-refractivity contribution is 6.14. The van der Waals surface area contributed by atoms with E-state index in [0.717, 1.165) is 26.9 Å². The summed E-state index contributed by atoms with van der Waals surface area (Å²) in [5, 5.41) is 12.5. The number of hydrogen-bond donors (Lipinski definition) is 1. The van der Waals surface area contributed by atoms with E-state index in [1.54, 1.807) is 6.20 Å². The summed E-state index contributed by atoms with van der Waals surface area (Å²) >= 11 is 0. The van der Waals surface area contributed by atoms with Gasteiger partial charge in [-0.25, -0.2) is 4.79 Å². The molecule has 5 rings (SSSR count). The minimum atomic E-state index is -1.07. The standard InChI is InChI=1S/C24H20N4O3/c25-12-5-13-27-14-18(17-7-2-4-9-20(17)27)21(29)15-28-22(30)24(26-23(28)31)11-10-16-6-1-3-8-19(16)24/h1-4,6-9,14H,5,10-11,13,15H2,(H,26,31). The van der Waals surface area contributed by atoms with Crippen LogP contribution >= 0.6 is 0 Å². The highest BCUT2D eigenvalue weighted by Crippen LogP contribution is 2.41. The first-order valence-corrected chi connectivity index (χ1v) is 10.3. The van der Waals surface area contributed by atoms with E-state index in [9.17, 15) is 14.4 Å². The van der Waals surface area contributed by atoms with Crippen LogP contribution in [-0.4, -0.2) is 33.7 Å². The number of imide groups is 1. The molecule has 31 heavy (non-hydrogen) atoms. The molecule has 1 N–H and O–H groups in total. The number of aromatic nitrogens is 1. The van der Waals surface area contributed by atoms with Crippen LogP contribution in [0.1, 0.15) is 34.3 Å². The maximum atomic E-state index is 13.3. The largest absolute Gasteiger partial charge is 0.346 e. The Labute approximate surface area is 178 Å². The molecule has 1 fully saturated rings. The van der Waals surface area contributed by atoms with E-state index in [2.05, 4.69) is 11.4 Å². The van der Waals surface area contributed by atoms with Crippen molar-refractivity contribution in [2.45, 2.75) is 31.3 Å². The van der Waals surface area contributed by atoms with Crippen molar-refractivity contribution in [3.05, 3.63) is 71.4 Å². The monoisotopic (exact) mass is 412 g/mol. The van der Waals surface area contributed by atoms with Crippen molar-refractivity contribution < 1.29 is 14.4 Å². The number of Topliss-reactive ketones (excluding diaryl/α,β-unsaturated/α-hetero) is 1. The van der Waals surface area contributed by atoms with Crippen molar-refractivity contribution in [2.75, 3.05) is 6.54 Å². The zero-order valence-electron chi connectivity index (χ0n) is 16.8. The van der Waals surface area contributed by atoms with Gasteiger partial charge in [-0.2, -0.15) is 5.26 Å². The molecule has 1 aliphatic carbocycles. The number of fused-ring (bicyclic) bond motifs is 3. The fraction of sp³-hybridized carbons (Fsp3) is 0.250. The summed E-state index contributed by atoms with van der Waals surface area (Å²) in [5.74, 6) is -0.678. The lowest BCUT2D eigenvalue weighted by atomic mass is 9.92. The molecule has 1 unspecified atom stereocenters. The number of nitrogens with one attached hydrogen (secondary N) is 1. The third-order valence-electron chi connectivity index (χ3n) is 6.28. The molecule has 0 bridgehead atoms. The van der Waals surface area contributed by atoms with Crippen LogP contribution in [0.4, 0.5) is 4.79 Å². The number of nitriles is 1. The van der Waals surface area contributed by atoms with Gasteiger partial charge in [0, 0.05) is 29.2 Å². The third kappa shape index (κ3) is 2.83. The molecule has 1 aliphatic heterocycles. The van der Waals surface area contributed by atoms with E-state index in [4.69, 9.17) is 5.26 Å². The molecule has 0 saturated carbocycles. The van der Waals surface area contributed by atoms with E-state index >= 15 is 0 Å². The Hall–Kier alpha value is -3.92. The number of hydrogen-bond acceptors (Lipinski definition) is 4. The number of nitrogens with zero attached hydrogens (tertiary/aromatic N) is 3. The molecule has 7 nitrogen and oxygen atoms in total. The van der Waals surface area contributed by atoms with Crippen molar-refractivity contribution >= 4 is 28.6 Å². The second-order valence-electron chi connectivity index (χ2n) is 7.97. The molecule has 2 aliphatic rings. The molecular formula is C24H20N4O3. The van der Waals surface area contributed by atoms with E-state index in [0.29, 0.717) is 31.4 Å². The average molecular weight is 412 g/mol. The molecule has 2 aromatic carbocycles. The SMILES string of the molecule is N#CCCn1cc(C(=O)CN2C(=O)NC3(CCc4ccccc43)C2=O)c2ccccc21. The van der Waals surface area contributed by atoms with Crippen LogP contribution in [0, 0.1) is 11.3 Å². The van der Waals surface area contributed by atoms with Gasteiger partial charge in [-0.3, -0.25) is 14.5 Å². The number of amides is 3. The molecule has 1 aromatic heterocycles. The van der Waals surface area contributed by atoms with Gasteiger partial charge in [0.1, 0.15) is 5.54 Å². The highest BCUT2D eigenvalue weighted by Gasteiger charge is 2.55. The first kappa shape index (κ1) is 19.1. The number of aryl methyl sites for hydroxylation is 2. The second-order valence-corrected chi connectivity index (χ2v) is 7.97. The Morgan fingerprint density at radius 3 is 2.74 bits per heavy atom. The number of para-hydroxylation sites is 1. The number of rotatable bonds is 5. The molecule has 7 heteroatoms. The van der Waals surface area contributed by atoms with Crippen molar-refractivity contribution in [1.29, 1.82) is 5.26 Å². The maximum absolute atomic E-state index is 13.3. The van der Waals surface area contributed by atoms with Crippen molar-refractivity contribution in [3.8, 4) is 6.07 Å². The summed E-state index contributed by atoms with van der Waals surface area (Å²) in [5.41, 5.74) is 2.08. The number of ketones is 1. The fourth-order valence-corrected chi connectivity index (χ4v) is 4.79. The molecule has 1 spiro atoms. The zero-order valence-corrected chi connectivity index (χ0v) is 16.8. The maximum Gasteiger partial charge on any atom is 0.325 e. The summed E-state index contributed by atoms with van der Waals surface area (Å²) in [4.78, 5) is 40.3. The highest BCUT2D eigenvalue weighted by atomic mass is 16.2. The number of carbonyl (C=O) groups is 3. The second kappa shape index (κ2) is 7.10. The predicted octanol–water partition coefficient (Wildman–Crippen LogP) is 3.13. The number of benzene rings is 2. The normalized spacial score (nSPS) is 19.6. The molecule has 3 aromatic rings. The Morgan fingerprint density at radius 1 is 1.13 bits per heavy atom. The molecule has 3 amide bonds. The van der Waals surface area contributed by atoms with Crippen LogP contribution in [0.3, 0.4) is 0 Å². The fourth-order valence-electron chi connectivity index (χ4n) is 4.79. The number of urea groups is 1. The van der Waals surface area contributed by atoms with E-state index in [-0.39, 0.29) is 18.2 Å². The van der Waals surface area contributed by atoms with E-state index in [1.807, 2.05) is 53.1 Å². The van der Waals surface area contributed by atoms with Gasteiger partial charge in [-0.1, -0.05) is 42.5 Å². The first-order chi connectivity index (χ1) is 15.0. The van der Waals surface area contributed by atoms with Crippen molar-refractivity contribution in [2.24, 2.45) is 0 Å². The summed E-state index contributed by atoms with van der Waals surface area (Å²) in [6, 6.07) is 16.6. The topological polar surface area (TPSA) is 95.2 Å². The molecule has 2 heterocycles. The molecule has 1 saturated heterocycles. The molecular weight excluding hydrogens is 392 g/mol. The van der Waals surface area contributed by atoms with Gasteiger partial charge in [0.25, 0.3) is 5.91 Å². The first-order valence-electron chi connectivity index (χ1n) is 10.3. The molecule has 0 radical (unpaired) electrons. The summed E-state index contributed by atoms with van der Waals surface area (Å²) in [6.07, 6.45) is 3.23. The van der Waals surface area contributed by atoms with Gasteiger partial charge in [0.05, 0.1) is 19.0 Å². The van der Waals surface area contributed by atoms with Gasteiger partial charge in [0.15, 0.2) is 5.78 Å². The Bertz CT molecular complexity index is 1290. The van der Waals surface area contributed by atoms with Gasteiger partial charge in [-0.15, -0.1) is 0 Å². The zero-order chi connectivity index (χ0) is 21.6. The minimum absolute atomic E-state index is 0.307. The van der Waals surface area contributed by atoms with Gasteiger partial charge in [-0.05, 0) is 30.0 Å². The van der Waals surface area contributed by atoms with Crippen molar-refractivity contribution in [1.82, 2.24) is 14.8 Å². The molecule has 154 valence electrons. The van der Waals surface area contributed by atoms with Crippen LogP contribution in [0.15, 0.2) is 54.7 Å². The van der Waals surface area contributed by atoms with Crippen LogP contribution in [0.5, 0.6) is 0 Å². The minimum Gasteiger partial charge on any atom is -0.346 e. The van der Waals surface area contributed by atoms with Crippen molar-refractivity contribution in [3.63, 3.8) is 0 Å². The summed E-state index contributed by atoms with van der Waals surface area (Å²) in [7, 11) is 0. The Kier molecular flexibility index (Phi) is 4.36. The lowest BCUT2D eigenvalue weighted by Crippen LogP contribution is -2.42. The van der Waals surface area contributed by atoms with Crippen LogP contribution < -0.4 is 5.32 Å². The lowest BCUT2D eigenvalue weighted by molar-refractivity contribution is -0.131. The Morgan fingerprint density at radius 2 is 1.90 bits per heavy atom.